The fourth-order valence-corrected chi connectivity index (χ4v) is 4.13. The lowest BCUT2D eigenvalue weighted by Gasteiger charge is -2.22. The lowest BCUT2D eigenvalue weighted by atomic mass is 10.0. The van der Waals surface area contributed by atoms with Crippen molar-refractivity contribution in [2.45, 2.75) is 38.5 Å². The summed E-state index contributed by atoms with van der Waals surface area (Å²) in [6, 6.07) is 10.4. The van der Waals surface area contributed by atoms with Gasteiger partial charge >= 0.3 is 6.09 Å². The number of fused-ring (bicyclic) bond motifs is 1. The smallest absolute Gasteiger partial charge is 0.393 e. The van der Waals surface area contributed by atoms with Crippen LogP contribution in [0.15, 0.2) is 42.5 Å². The normalized spacial score (nSPS) is 17.8. The molecule has 0 aliphatic carbocycles. The van der Waals surface area contributed by atoms with E-state index in [9.17, 15) is 23.9 Å². The minimum atomic E-state index is -2.26. The quantitative estimate of drug-likeness (QED) is 0.385. The molecule has 2 heterocycles. The van der Waals surface area contributed by atoms with Crippen LogP contribution in [0.2, 0.25) is 5.02 Å². The van der Waals surface area contributed by atoms with Crippen molar-refractivity contribution in [3.05, 3.63) is 58.9 Å². The highest BCUT2D eigenvalue weighted by atomic mass is 35.5. The van der Waals surface area contributed by atoms with E-state index in [1.165, 1.54) is 17.0 Å². The zero-order valence-electron chi connectivity index (χ0n) is 19.0. The van der Waals surface area contributed by atoms with Crippen molar-refractivity contribution in [1.82, 2.24) is 15.6 Å². The molecule has 1 aromatic heterocycles. The van der Waals surface area contributed by atoms with Crippen molar-refractivity contribution in [2.24, 2.45) is 0 Å². The number of aromatic amines is 1. The number of hydrogen-bond donors (Lipinski definition) is 4. The Balaban J connectivity index is 1.46. The fraction of sp³-hybridized carbons (Fsp3) is 0.292. The summed E-state index contributed by atoms with van der Waals surface area (Å²) in [6.45, 7) is 3.63. The van der Waals surface area contributed by atoms with Crippen LogP contribution >= 0.6 is 11.6 Å². The number of rotatable bonds is 6. The Hall–Kier alpha value is -3.63. The molecule has 0 bridgehead atoms. The highest BCUT2D eigenvalue weighted by Gasteiger charge is 2.51. The standard InChI is InChI=1S/C24H24ClFN4O5/c1-13(2)28-23(33)35-20-10-15-9-18(3-4-19(15)29-20)30-6-5-24(34,22(30)32)21(31)27-12-14-7-16(25)11-17(26)8-14/h3-4,7-11,13,29,34H,5-6,12H2,1-2H3,(H,27,31)(H,28,33)/t24-/m1/s1. The number of H-pyrrole nitrogens is 1. The second kappa shape index (κ2) is 9.55. The Labute approximate surface area is 205 Å². The number of hydrogen-bond acceptors (Lipinski definition) is 5. The molecule has 184 valence electrons. The van der Waals surface area contributed by atoms with Gasteiger partial charge in [0.05, 0.1) is 0 Å². The molecule has 0 saturated carbocycles. The number of benzene rings is 2. The minimum absolute atomic E-state index is 0.0812. The number of nitrogens with zero attached hydrogens (tertiary/aromatic N) is 1. The molecule has 0 radical (unpaired) electrons. The average Bonchev–Trinajstić information content (AvgIpc) is 3.30. The number of carbonyl (C=O) groups is 3. The van der Waals surface area contributed by atoms with Crippen molar-refractivity contribution < 1.29 is 28.6 Å². The van der Waals surface area contributed by atoms with Gasteiger partial charge in [-0.15, -0.1) is 0 Å². The number of ether oxygens (including phenoxy) is 1. The molecular weight excluding hydrogens is 479 g/mol. The number of aliphatic hydroxyl groups is 1. The summed E-state index contributed by atoms with van der Waals surface area (Å²) in [5, 5.41) is 16.8. The van der Waals surface area contributed by atoms with E-state index in [0.717, 1.165) is 6.07 Å². The van der Waals surface area contributed by atoms with Crippen LogP contribution in [0.3, 0.4) is 0 Å². The molecule has 0 spiro atoms. The summed E-state index contributed by atoms with van der Waals surface area (Å²) < 4.78 is 18.7. The van der Waals surface area contributed by atoms with E-state index in [1.807, 2.05) is 13.8 Å². The third-order valence-corrected chi connectivity index (χ3v) is 5.77. The Morgan fingerprint density at radius 1 is 1.26 bits per heavy atom. The molecular formula is C24H24ClFN4O5. The number of halogens is 2. The Morgan fingerprint density at radius 2 is 2.03 bits per heavy atom. The molecule has 4 rings (SSSR count). The van der Waals surface area contributed by atoms with Crippen LogP contribution in [0, 0.1) is 5.82 Å². The van der Waals surface area contributed by atoms with Gasteiger partial charge in [0.25, 0.3) is 11.8 Å². The number of amides is 3. The van der Waals surface area contributed by atoms with Gasteiger partial charge < -0.3 is 30.4 Å². The predicted octanol–water partition coefficient (Wildman–Crippen LogP) is 3.24. The van der Waals surface area contributed by atoms with E-state index in [4.69, 9.17) is 16.3 Å². The monoisotopic (exact) mass is 502 g/mol. The van der Waals surface area contributed by atoms with E-state index in [2.05, 4.69) is 15.6 Å². The first-order chi connectivity index (χ1) is 16.5. The van der Waals surface area contributed by atoms with Gasteiger partial charge in [-0.1, -0.05) is 11.6 Å². The van der Waals surface area contributed by atoms with E-state index >= 15 is 0 Å². The molecule has 0 unspecified atom stereocenters. The summed E-state index contributed by atoms with van der Waals surface area (Å²) in [4.78, 5) is 41.8. The molecule has 1 fully saturated rings. The number of carbonyl (C=O) groups excluding carboxylic acids is 3. The first-order valence-electron chi connectivity index (χ1n) is 10.9. The van der Waals surface area contributed by atoms with Crippen molar-refractivity contribution in [2.75, 3.05) is 11.4 Å². The van der Waals surface area contributed by atoms with Gasteiger partial charge in [-0.05, 0) is 55.8 Å². The summed E-state index contributed by atoms with van der Waals surface area (Å²) >= 11 is 5.82. The van der Waals surface area contributed by atoms with Crippen LogP contribution < -0.4 is 20.3 Å². The van der Waals surface area contributed by atoms with E-state index < -0.39 is 29.3 Å². The van der Waals surface area contributed by atoms with Crippen molar-refractivity contribution in [1.29, 1.82) is 0 Å². The van der Waals surface area contributed by atoms with Gasteiger partial charge in [-0.25, -0.2) is 9.18 Å². The van der Waals surface area contributed by atoms with E-state index in [1.54, 1.807) is 24.3 Å². The lowest BCUT2D eigenvalue weighted by Crippen LogP contribution is -2.52. The molecule has 35 heavy (non-hydrogen) atoms. The van der Waals surface area contributed by atoms with E-state index in [0.29, 0.717) is 22.2 Å². The number of anilines is 1. The predicted molar refractivity (Wildman–Crippen MR) is 128 cm³/mol. The van der Waals surface area contributed by atoms with Crippen molar-refractivity contribution in [3.8, 4) is 5.88 Å². The third-order valence-electron chi connectivity index (χ3n) is 5.55. The summed E-state index contributed by atoms with van der Waals surface area (Å²) in [5.41, 5.74) is -0.713. The van der Waals surface area contributed by atoms with Gasteiger partial charge in [-0.2, -0.15) is 0 Å². The number of nitrogens with one attached hydrogen (secondary N) is 3. The highest BCUT2D eigenvalue weighted by Crippen LogP contribution is 2.32. The van der Waals surface area contributed by atoms with Crippen LogP contribution in [-0.2, 0) is 16.1 Å². The van der Waals surface area contributed by atoms with E-state index in [-0.39, 0.29) is 36.5 Å². The molecule has 9 nitrogen and oxygen atoms in total. The summed E-state index contributed by atoms with van der Waals surface area (Å²) in [6.07, 6.45) is -0.714. The largest absolute Gasteiger partial charge is 0.414 e. The fourth-order valence-electron chi connectivity index (χ4n) is 3.89. The van der Waals surface area contributed by atoms with Gasteiger partial charge in [-0.3, -0.25) is 9.59 Å². The van der Waals surface area contributed by atoms with Crippen LogP contribution in [-0.4, -0.2) is 46.2 Å². The van der Waals surface area contributed by atoms with Gasteiger partial charge in [0.15, 0.2) is 0 Å². The molecule has 4 N–H and O–H groups in total. The highest BCUT2D eigenvalue weighted by molar-refractivity contribution is 6.30. The summed E-state index contributed by atoms with van der Waals surface area (Å²) in [7, 11) is 0. The molecule has 2 aromatic carbocycles. The second-order valence-electron chi connectivity index (χ2n) is 8.62. The Morgan fingerprint density at radius 3 is 2.74 bits per heavy atom. The lowest BCUT2D eigenvalue weighted by molar-refractivity contribution is -0.149. The maximum atomic E-state index is 13.5. The molecule has 1 aliphatic heterocycles. The van der Waals surface area contributed by atoms with Gasteiger partial charge in [0.1, 0.15) is 5.82 Å². The van der Waals surface area contributed by atoms with Crippen molar-refractivity contribution >= 4 is 46.1 Å². The topological polar surface area (TPSA) is 124 Å². The third kappa shape index (κ3) is 5.23. The molecule has 1 atom stereocenters. The second-order valence-corrected chi connectivity index (χ2v) is 9.06. The maximum Gasteiger partial charge on any atom is 0.414 e. The molecule has 3 amide bonds. The maximum absolute atomic E-state index is 13.5. The average molecular weight is 503 g/mol. The van der Waals surface area contributed by atoms with Gasteiger partial charge in [0, 0.05) is 53.2 Å². The number of aromatic nitrogens is 1. The van der Waals surface area contributed by atoms with Crippen LogP contribution in [0.4, 0.5) is 14.9 Å². The van der Waals surface area contributed by atoms with Crippen LogP contribution in [0.25, 0.3) is 10.9 Å². The Bertz CT molecular complexity index is 1290. The molecule has 1 saturated heterocycles. The van der Waals surface area contributed by atoms with Crippen molar-refractivity contribution in [3.63, 3.8) is 0 Å². The van der Waals surface area contributed by atoms with Gasteiger partial charge in [0.2, 0.25) is 11.5 Å². The first kappa shape index (κ1) is 24.5. The SMILES string of the molecule is CC(C)NC(=O)Oc1cc2cc(N3CC[C@@](O)(C(=O)NCc4cc(F)cc(Cl)c4)C3=O)ccc2[nH]1. The molecule has 11 heteroatoms. The zero-order chi connectivity index (χ0) is 25.3. The molecule has 3 aromatic rings. The summed E-state index contributed by atoms with van der Waals surface area (Å²) in [5.74, 6) is -1.97. The van der Waals surface area contributed by atoms with Crippen LogP contribution in [0.5, 0.6) is 5.88 Å². The Kier molecular flexibility index (Phi) is 6.68. The first-order valence-corrected chi connectivity index (χ1v) is 11.3. The zero-order valence-corrected chi connectivity index (χ0v) is 19.8. The minimum Gasteiger partial charge on any atom is -0.393 e. The van der Waals surface area contributed by atoms with Crippen LogP contribution in [0.1, 0.15) is 25.8 Å². The molecule has 1 aliphatic rings.